The van der Waals surface area contributed by atoms with Crippen LogP contribution in [0.4, 0.5) is 10.2 Å². The predicted molar refractivity (Wildman–Crippen MR) is 80.4 cm³/mol. The number of benzene rings is 1. The summed E-state index contributed by atoms with van der Waals surface area (Å²) in [5, 5.41) is 0. The van der Waals surface area contributed by atoms with E-state index in [9.17, 15) is 4.39 Å². The monoisotopic (exact) mass is 308 g/mol. The minimum Gasteiger partial charge on any atom is -0.469 e. The Morgan fingerprint density at radius 1 is 1.19 bits per heavy atom. The van der Waals surface area contributed by atoms with Crippen LogP contribution in [0.25, 0.3) is 0 Å². The molecular formula is C14H17FN4OS. The Labute approximate surface area is 127 Å². The van der Waals surface area contributed by atoms with E-state index in [2.05, 4.69) is 25.6 Å². The molecule has 1 aliphatic rings. The Bertz CT molecular complexity index is 598. The van der Waals surface area contributed by atoms with Gasteiger partial charge in [-0.3, -0.25) is 0 Å². The van der Waals surface area contributed by atoms with E-state index in [0.717, 1.165) is 43.7 Å². The second-order valence-electron chi connectivity index (χ2n) is 5.06. The molecule has 21 heavy (non-hydrogen) atoms. The minimum atomic E-state index is -0.262. The van der Waals surface area contributed by atoms with Gasteiger partial charge in [-0.05, 0) is 13.1 Å². The molecule has 0 N–H and O–H groups in total. The highest BCUT2D eigenvalue weighted by molar-refractivity contribution is 6.99. The van der Waals surface area contributed by atoms with E-state index in [0.29, 0.717) is 11.4 Å². The molecule has 2 heterocycles. The van der Waals surface area contributed by atoms with E-state index >= 15 is 0 Å². The first kappa shape index (κ1) is 14.2. The minimum absolute atomic E-state index is 0.166. The standard InChI is InChI=1S/C14H17FN4OS/c1-18-6-8-19(9-7-18)13-14(17-21-16-13)20-10-11-4-2-3-5-12(11)15/h2-5H,6-10H2,1H3. The zero-order chi connectivity index (χ0) is 14.7. The predicted octanol–water partition coefficient (Wildman–Crippen LogP) is 2.01. The Hall–Kier alpha value is -1.73. The van der Waals surface area contributed by atoms with Gasteiger partial charge in [0.1, 0.15) is 12.4 Å². The maximum absolute atomic E-state index is 13.6. The van der Waals surface area contributed by atoms with Crippen LogP contribution < -0.4 is 9.64 Å². The van der Waals surface area contributed by atoms with Crippen molar-refractivity contribution in [3.63, 3.8) is 0 Å². The Balaban J connectivity index is 1.67. The molecule has 0 amide bonds. The molecule has 3 rings (SSSR count). The third-order valence-corrected chi connectivity index (χ3v) is 4.07. The zero-order valence-corrected chi connectivity index (χ0v) is 12.6. The Morgan fingerprint density at radius 3 is 2.71 bits per heavy atom. The molecule has 7 heteroatoms. The summed E-state index contributed by atoms with van der Waals surface area (Å²) in [6.45, 7) is 3.95. The number of hydrogen-bond donors (Lipinski definition) is 0. The van der Waals surface area contributed by atoms with Crippen molar-refractivity contribution in [1.82, 2.24) is 13.6 Å². The summed E-state index contributed by atoms with van der Waals surface area (Å²) in [5.41, 5.74) is 0.523. The number of likely N-dealkylation sites (N-methyl/N-ethyl adjacent to an activating group) is 1. The first-order valence-electron chi connectivity index (χ1n) is 6.86. The summed E-state index contributed by atoms with van der Waals surface area (Å²) in [7, 11) is 2.10. The van der Waals surface area contributed by atoms with Crippen LogP contribution in [0.1, 0.15) is 5.56 Å². The van der Waals surface area contributed by atoms with Crippen molar-refractivity contribution in [3.05, 3.63) is 35.6 Å². The number of ether oxygens (including phenoxy) is 1. The smallest absolute Gasteiger partial charge is 0.271 e. The van der Waals surface area contributed by atoms with Gasteiger partial charge in [-0.1, -0.05) is 18.2 Å². The molecule has 1 aromatic heterocycles. The molecule has 0 aliphatic carbocycles. The summed E-state index contributed by atoms with van der Waals surface area (Å²) in [6.07, 6.45) is 0. The summed E-state index contributed by atoms with van der Waals surface area (Å²) < 4.78 is 27.8. The normalized spacial score (nSPS) is 16.2. The van der Waals surface area contributed by atoms with Crippen molar-refractivity contribution in [3.8, 4) is 5.88 Å². The van der Waals surface area contributed by atoms with E-state index in [1.807, 2.05) is 0 Å². The van der Waals surface area contributed by atoms with Crippen molar-refractivity contribution in [2.24, 2.45) is 0 Å². The van der Waals surface area contributed by atoms with Gasteiger partial charge in [-0.2, -0.15) is 4.37 Å². The fourth-order valence-corrected chi connectivity index (χ4v) is 2.76. The van der Waals surface area contributed by atoms with Gasteiger partial charge in [0.25, 0.3) is 5.88 Å². The van der Waals surface area contributed by atoms with Gasteiger partial charge >= 0.3 is 0 Å². The molecule has 0 saturated carbocycles. The molecule has 0 radical (unpaired) electrons. The second-order valence-corrected chi connectivity index (χ2v) is 5.59. The van der Waals surface area contributed by atoms with Gasteiger partial charge in [0.05, 0.1) is 11.7 Å². The summed E-state index contributed by atoms with van der Waals surface area (Å²) in [4.78, 5) is 4.44. The molecule has 1 fully saturated rings. The van der Waals surface area contributed by atoms with Gasteiger partial charge < -0.3 is 14.5 Å². The highest BCUT2D eigenvalue weighted by Gasteiger charge is 2.21. The average Bonchev–Trinajstić information content (AvgIpc) is 2.96. The molecule has 0 spiro atoms. The van der Waals surface area contributed by atoms with E-state index in [-0.39, 0.29) is 12.4 Å². The van der Waals surface area contributed by atoms with Gasteiger partial charge in [-0.25, -0.2) is 4.39 Å². The van der Waals surface area contributed by atoms with Crippen LogP contribution in [0.3, 0.4) is 0 Å². The van der Waals surface area contributed by atoms with Gasteiger partial charge in [0.15, 0.2) is 0 Å². The van der Waals surface area contributed by atoms with Crippen LogP contribution in [0.15, 0.2) is 24.3 Å². The summed E-state index contributed by atoms with van der Waals surface area (Å²) in [5.74, 6) is 0.999. The van der Waals surface area contributed by atoms with E-state index in [1.54, 1.807) is 18.2 Å². The first-order valence-corrected chi connectivity index (χ1v) is 7.59. The average molecular weight is 308 g/mol. The molecule has 1 saturated heterocycles. The molecule has 112 valence electrons. The van der Waals surface area contributed by atoms with E-state index in [4.69, 9.17) is 4.74 Å². The molecule has 1 aromatic carbocycles. The third kappa shape index (κ3) is 3.30. The lowest BCUT2D eigenvalue weighted by atomic mass is 10.2. The van der Waals surface area contributed by atoms with Crippen LogP contribution in [-0.4, -0.2) is 46.9 Å². The summed E-state index contributed by atoms with van der Waals surface area (Å²) in [6, 6.07) is 6.60. The van der Waals surface area contributed by atoms with Crippen molar-refractivity contribution >= 4 is 17.5 Å². The Morgan fingerprint density at radius 2 is 1.95 bits per heavy atom. The van der Waals surface area contributed by atoms with Crippen LogP contribution in [0, 0.1) is 5.82 Å². The lowest BCUT2D eigenvalue weighted by Crippen LogP contribution is -2.44. The maximum atomic E-state index is 13.6. The number of halogens is 1. The molecule has 0 atom stereocenters. The molecular weight excluding hydrogens is 291 g/mol. The number of aromatic nitrogens is 2. The quantitative estimate of drug-likeness (QED) is 0.864. The van der Waals surface area contributed by atoms with Gasteiger partial charge in [0, 0.05) is 31.7 Å². The van der Waals surface area contributed by atoms with Gasteiger partial charge in [0.2, 0.25) is 5.82 Å². The molecule has 1 aliphatic heterocycles. The number of nitrogens with zero attached hydrogens (tertiary/aromatic N) is 4. The molecule has 0 unspecified atom stereocenters. The number of hydrogen-bond acceptors (Lipinski definition) is 6. The van der Waals surface area contributed by atoms with Crippen molar-refractivity contribution in [1.29, 1.82) is 0 Å². The van der Waals surface area contributed by atoms with Crippen molar-refractivity contribution < 1.29 is 9.13 Å². The fourth-order valence-electron chi connectivity index (χ4n) is 2.24. The third-order valence-electron chi connectivity index (χ3n) is 3.57. The topological polar surface area (TPSA) is 41.5 Å². The summed E-state index contributed by atoms with van der Waals surface area (Å²) >= 11 is 1.13. The molecule has 2 aromatic rings. The SMILES string of the molecule is CN1CCN(c2nsnc2OCc2ccccc2F)CC1. The lowest BCUT2D eigenvalue weighted by molar-refractivity contribution is 0.284. The zero-order valence-electron chi connectivity index (χ0n) is 11.8. The second kappa shape index (κ2) is 6.36. The van der Waals surface area contributed by atoms with Crippen LogP contribution in [-0.2, 0) is 6.61 Å². The first-order chi connectivity index (χ1) is 10.2. The van der Waals surface area contributed by atoms with E-state index < -0.39 is 0 Å². The highest BCUT2D eigenvalue weighted by atomic mass is 32.1. The number of rotatable bonds is 4. The number of piperazine rings is 1. The molecule has 5 nitrogen and oxygen atoms in total. The van der Waals surface area contributed by atoms with Crippen LogP contribution >= 0.6 is 11.7 Å². The van der Waals surface area contributed by atoms with E-state index in [1.165, 1.54) is 6.07 Å². The molecule has 0 bridgehead atoms. The van der Waals surface area contributed by atoms with Crippen LogP contribution in [0.2, 0.25) is 0 Å². The van der Waals surface area contributed by atoms with Crippen molar-refractivity contribution in [2.75, 3.05) is 38.1 Å². The maximum Gasteiger partial charge on any atom is 0.271 e. The largest absolute Gasteiger partial charge is 0.469 e. The highest BCUT2D eigenvalue weighted by Crippen LogP contribution is 2.27. The van der Waals surface area contributed by atoms with Gasteiger partial charge in [-0.15, -0.1) is 4.37 Å². The number of anilines is 1. The fraction of sp³-hybridized carbons (Fsp3) is 0.429. The van der Waals surface area contributed by atoms with Crippen molar-refractivity contribution in [2.45, 2.75) is 6.61 Å². The Kier molecular flexibility index (Phi) is 4.31. The van der Waals surface area contributed by atoms with Crippen LogP contribution in [0.5, 0.6) is 5.88 Å². The lowest BCUT2D eigenvalue weighted by Gasteiger charge is -2.32.